The van der Waals surface area contributed by atoms with Gasteiger partial charge in [-0.25, -0.2) is 22.9 Å². The van der Waals surface area contributed by atoms with E-state index in [-0.39, 0.29) is 15.9 Å². The summed E-state index contributed by atoms with van der Waals surface area (Å²) >= 11 is 2.92. The lowest BCUT2D eigenvalue weighted by Crippen LogP contribution is -1.99. The Balaban J connectivity index is 2.54. The number of carboxylic acids is 1. The third-order valence-electron chi connectivity index (χ3n) is 2.22. The number of carboxylic acid groups (broad SMARTS) is 1. The second-order valence-electron chi connectivity index (χ2n) is 3.47. The first-order valence-electron chi connectivity index (χ1n) is 4.87. The van der Waals surface area contributed by atoms with Gasteiger partial charge in [-0.2, -0.15) is 0 Å². The molecule has 0 saturated carbocycles. The molecule has 0 aliphatic heterocycles. The highest BCUT2D eigenvalue weighted by molar-refractivity contribution is 9.10. The number of benzene rings is 1. The van der Waals surface area contributed by atoms with Gasteiger partial charge in [0.15, 0.2) is 5.69 Å². The molecule has 0 saturated heterocycles. The molecule has 100 valence electrons. The summed E-state index contributed by atoms with van der Waals surface area (Å²) in [6.45, 7) is 0. The molecule has 19 heavy (non-hydrogen) atoms. The molecule has 0 aliphatic rings. The van der Waals surface area contributed by atoms with Gasteiger partial charge in [-0.15, -0.1) is 0 Å². The first-order chi connectivity index (χ1) is 8.90. The summed E-state index contributed by atoms with van der Waals surface area (Å²) in [7, 11) is 0. The number of halogens is 4. The Bertz CT molecular complexity index is 642. The highest BCUT2D eigenvalue weighted by atomic mass is 79.9. The Hall–Kier alpha value is -1.83. The van der Waals surface area contributed by atoms with Gasteiger partial charge in [0, 0.05) is 5.56 Å². The van der Waals surface area contributed by atoms with Crippen molar-refractivity contribution in [3.05, 3.63) is 39.9 Å². The smallest absolute Gasteiger partial charge is 0.374 e. The topological polar surface area (TPSA) is 63.3 Å². The number of hydrogen-bond donors (Lipinski definition) is 1. The number of rotatable bonds is 3. The van der Waals surface area contributed by atoms with Crippen LogP contribution in [0.4, 0.5) is 13.2 Å². The predicted octanol–water partition coefficient (Wildman–Crippen LogP) is 3.88. The Labute approximate surface area is 113 Å². The van der Waals surface area contributed by atoms with E-state index in [1.807, 2.05) is 0 Å². The van der Waals surface area contributed by atoms with E-state index in [4.69, 9.17) is 9.52 Å². The highest BCUT2D eigenvalue weighted by Gasteiger charge is 2.26. The van der Waals surface area contributed by atoms with E-state index >= 15 is 0 Å². The molecule has 0 fully saturated rings. The number of oxazole rings is 1. The van der Waals surface area contributed by atoms with Crippen molar-refractivity contribution in [1.29, 1.82) is 0 Å². The standard InChI is InChI=1S/C11H5BrF3NO3/c12-5-3-4(1-2-6(5)13)10-16-7(9(14)15)8(19-10)11(17)18/h1-3,9H,(H,17,18). The monoisotopic (exact) mass is 335 g/mol. The van der Waals surface area contributed by atoms with Gasteiger partial charge in [-0.1, -0.05) is 0 Å². The highest BCUT2D eigenvalue weighted by Crippen LogP contribution is 2.30. The fourth-order valence-corrected chi connectivity index (χ4v) is 1.76. The first-order valence-corrected chi connectivity index (χ1v) is 5.67. The number of aromatic nitrogens is 1. The summed E-state index contributed by atoms with van der Waals surface area (Å²) in [4.78, 5) is 14.2. The van der Waals surface area contributed by atoms with Crippen LogP contribution in [0.25, 0.3) is 11.5 Å². The van der Waals surface area contributed by atoms with Crippen molar-refractivity contribution in [2.45, 2.75) is 6.43 Å². The maximum Gasteiger partial charge on any atom is 0.374 e. The van der Waals surface area contributed by atoms with Crippen LogP contribution in [-0.2, 0) is 0 Å². The number of hydrogen-bond acceptors (Lipinski definition) is 3. The normalized spacial score (nSPS) is 11.0. The van der Waals surface area contributed by atoms with Crippen LogP contribution >= 0.6 is 15.9 Å². The molecule has 1 heterocycles. The van der Waals surface area contributed by atoms with Crippen molar-refractivity contribution in [3.63, 3.8) is 0 Å². The van der Waals surface area contributed by atoms with Crippen LogP contribution in [0.2, 0.25) is 0 Å². The molecule has 0 amide bonds. The molecule has 0 radical (unpaired) electrons. The largest absolute Gasteiger partial charge is 0.475 e. The average Bonchev–Trinajstić information content (AvgIpc) is 2.78. The van der Waals surface area contributed by atoms with Gasteiger partial charge in [0.05, 0.1) is 4.47 Å². The summed E-state index contributed by atoms with van der Waals surface area (Å²) in [5.74, 6) is -3.43. The minimum atomic E-state index is -3.08. The Morgan fingerprint density at radius 2 is 2.11 bits per heavy atom. The molecular weight excluding hydrogens is 331 g/mol. The molecule has 8 heteroatoms. The van der Waals surface area contributed by atoms with Crippen molar-refractivity contribution >= 4 is 21.9 Å². The lowest BCUT2D eigenvalue weighted by Gasteiger charge is -1.97. The first kappa shape index (κ1) is 13.6. The third kappa shape index (κ3) is 2.62. The fourth-order valence-electron chi connectivity index (χ4n) is 1.39. The Morgan fingerprint density at radius 3 is 2.58 bits per heavy atom. The Kier molecular flexibility index (Phi) is 3.61. The number of alkyl halides is 2. The molecule has 0 aliphatic carbocycles. The van der Waals surface area contributed by atoms with Gasteiger partial charge in [-0.05, 0) is 34.1 Å². The van der Waals surface area contributed by atoms with Gasteiger partial charge in [0.1, 0.15) is 5.82 Å². The van der Waals surface area contributed by atoms with Crippen LogP contribution in [0.5, 0.6) is 0 Å². The zero-order valence-electron chi connectivity index (χ0n) is 9.03. The van der Waals surface area contributed by atoms with E-state index < -0.39 is 29.7 Å². The molecular formula is C11H5BrF3NO3. The fraction of sp³-hybridized carbons (Fsp3) is 0.0909. The summed E-state index contributed by atoms with van der Waals surface area (Å²) in [5, 5.41) is 8.74. The maximum atomic E-state index is 13.0. The van der Waals surface area contributed by atoms with Crippen LogP contribution in [0.3, 0.4) is 0 Å². The third-order valence-corrected chi connectivity index (χ3v) is 2.83. The molecule has 0 unspecified atom stereocenters. The number of carbonyl (C=O) groups is 1. The molecule has 2 aromatic rings. The summed E-state index contributed by atoms with van der Waals surface area (Å²) in [6, 6.07) is 3.57. The predicted molar refractivity (Wildman–Crippen MR) is 61.5 cm³/mol. The summed E-state index contributed by atoms with van der Waals surface area (Å²) in [5.41, 5.74) is -0.773. The van der Waals surface area contributed by atoms with Crippen molar-refractivity contribution in [2.75, 3.05) is 0 Å². The van der Waals surface area contributed by atoms with Gasteiger partial charge in [0.2, 0.25) is 11.7 Å². The Morgan fingerprint density at radius 1 is 1.42 bits per heavy atom. The second kappa shape index (κ2) is 5.04. The van der Waals surface area contributed by atoms with Gasteiger partial charge in [0.25, 0.3) is 6.43 Å². The van der Waals surface area contributed by atoms with E-state index in [9.17, 15) is 18.0 Å². The van der Waals surface area contributed by atoms with Crippen molar-refractivity contribution in [1.82, 2.24) is 4.98 Å². The molecule has 0 bridgehead atoms. The molecule has 1 N–H and O–H groups in total. The van der Waals surface area contributed by atoms with E-state index in [1.54, 1.807) is 0 Å². The lowest BCUT2D eigenvalue weighted by molar-refractivity contribution is 0.0647. The number of nitrogens with zero attached hydrogens (tertiary/aromatic N) is 1. The van der Waals surface area contributed by atoms with Crippen LogP contribution < -0.4 is 0 Å². The minimum absolute atomic E-state index is 0.0821. The van der Waals surface area contributed by atoms with E-state index in [2.05, 4.69) is 20.9 Å². The zero-order chi connectivity index (χ0) is 14.2. The molecule has 2 rings (SSSR count). The van der Waals surface area contributed by atoms with Gasteiger partial charge in [-0.3, -0.25) is 0 Å². The van der Waals surface area contributed by atoms with E-state index in [1.165, 1.54) is 12.1 Å². The average molecular weight is 336 g/mol. The van der Waals surface area contributed by atoms with Crippen LogP contribution in [0.15, 0.2) is 27.1 Å². The second-order valence-corrected chi connectivity index (χ2v) is 4.32. The van der Waals surface area contributed by atoms with Crippen molar-refractivity contribution < 1.29 is 27.5 Å². The lowest BCUT2D eigenvalue weighted by atomic mass is 10.2. The van der Waals surface area contributed by atoms with Crippen LogP contribution in [0.1, 0.15) is 22.7 Å². The zero-order valence-corrected chi connectivity index (χ0v) is 10.6. The van der Waals surface area contributed by atoms with Crippen LogP contribution in [0, 0.1) is 5.82 Å². The molecule has 0 atom stereocenters. The minimum Gasteiger partial charge on any atom is -0.475 e. The number of aromatic carboxylic acids is 1. The summed E-state index contributed by atoms with van der Waals surface area (Å²) in [6.07, 6.45) is -3.08. The maximum absolute atomic E-state index is 13.0. The molecule has 1 aromatic heterocycles. The van der Waals surface area contributed by atoms with Crippen LogP contribution in [-0.4, -0.2) is 16.1 Å². The van der Waals surface area contributed by atoms with Crippen molar-refractivity contribution in [3.8, 4) is 11.5 Å². The van der Waals surface area contributed by atoms with E-state index in [0.29, 0.717) is 0 Å². The SMILES string of the molecule is O=C(O)c1oc(-c2ccc(F)c(Br)c2)nc1C(F)F. The molecule has 1 aromatic carbocycles. The quantitative estimate of drug-likeness (QED) is 0.924. The van der Waals surface area contributed by atoms with E-state index in [0.717, 1.165) is 6.07 Å². The summed E-state index contributed by atoms with van der Waals surface area (Å²) < 4.78 is 43.1. The van der Waals surface area contributed by atoms with Crippen molar-refractivity contribution in [2.24, 2.45) is 0 Å². The molecule has 4 nitrogen and oxygen atoms in total. The van der Waals surface area contributed by atoms with Gasteiger partial charge >= 0.3 is 5.97 Å². The van der Waals surface area contributed by atoms with Gasteiger partial charge < -0.3 is 9.52 Å². The molecule has 0 spiro atoms.